The fraction of sp³-hybridized carbons (Fsp3) is 0.778. The molecule has 1 saturated heterocycles. The second-order valence-corrected chi connectivity index (χ2v) is 4.78. The van der Waals surface area contributed by atoms with Crippen molar-refractivity contribution in [3.8, 4) is 0 Å². The smallest absolute Gasteiger partial charge is 0.405 e. The van der Waals surface area contributed by atoms with Gasteiger partial charge in [0.1, 0.15) is 0 Å². The first kappa shape index (κ1) is 13.1. The van der Waals surface area contributed by atoms with E-state index in [9.17, 15) is 9.59 Å². The molecular weight excluding hydrogens is 234 g/mol. The van der Waals surface area contributed by atoms with E-state index < -0.39 is 30.0 Å². The van der Waals surface area contributed by atoms with Gasteiger partial charge in [-0.15, -0.1) is 0 Å². The lowest BCUT2D eigenvalue weighted by Crippen LogP contribution is -2.47. The molecular formula is C9H15NO5S. The van der Waals surface area contributed by atoms with Crippen molar-refractivity contribution in [1.29, 1.82) is 0 Å². The first-order chi connectivity index (χ1) is 7.35. The number of esters is 1. The molecule has 0 aromatic rings. The van der Waals surface area contributed by atoms with Gasteiger partial charge in [0, 0.05) is 19.6 Å². The highest BCUT2D eigenvalue weighted by atomic mass is 32.2. The van der Waals surface area contributed by atoms with Crippen molar-refractivity contribution in [2.75, 3.05) is 12.0 Å². The summed E-state index contributed by atoms with van der Waals surface area (Å²) >= 11 is 1.43. The highest BCUT2D eigenvalue weighted by Gasteiger charge is 2.45. The molecule has 0 radical (unpaired) electrons. The highest BCUT2D eigenvalue weighted by molar-refractivity contribution is 7.98. The minimum Gasteiger partial charge on any atom is -0.465 e. The zero-order chi connectivity index (χ0) is 12.3. The molecule has 1 fully saturated rings. The van der Waals surface area contributed by atoms with Gasteiger partial charge in [-0.25, -0.2) is 9.59 Å². The highest BCUT2D eigenvalue weighted by Crippen LogP contribution is 2.26. The molecule has 2 atom stereocenters. The van der Waals surface area contributed by atoms with Gasteiger partial charge in [-0.2, -0.15) is 11.8 Å². The predicted octanol–water partition coefficient (Wildman–Crippen LogP) is 0.664. The maximum absolute atomic E-state index is 11.5. The number of ether oxygens (including phenoxy) is 2. The van der Waals surface area contributed by atoms with E-state index in [0.717, 1.165) is 0 Å². The van der Waals surface area contributed by atoms with Crippen molar-refractivity contribution in [2.45, 2.75) is 31.8 Å². The van der Waals surface area contributed by atoms with E-state index >= 15 is 0 Å². The fourth-order valence-electron chi connectivity index (χ4n) is 1.47. The number of carbonyl (C=O) groups is 2. The first-order valence-corrected chi connectivity index (χ1v) is 6.14. The standard InChI is InChI=1S/C9H15NO5S/c1-9(2)14-6(7(11)15-9)5(4-16-3)10-8(12)13/h5-6,10H,4H2,1-3H3,(H,12,13)/t5-,6?/m0/s1. The Hall–Kier alpha value is -0.950. The molecule has 1 aliphatic rings. The van der Waals surface area contributed by atoms with Crippen molar-refractivity contribution in [3.05, 3.63) is 0 Å². The van der Waals surface area contributed by atoms with Crippen LogP contribution in [0.15, 0.2) is 0 Å². The third-order valence-electron chi connectivity index (χ3n) is 2.01. The maximum Gasteiger partial charge on any atom is 0.405 e. The maximum atomic E-state index is 11.5. The van der Waals surface area contributed by atoms with Crippen molar-refractivity contribution in [3.63, 3.8) is 0 Å². The summed E-state index contributed by atoms with van der Waals surface area (Å²) in [7, 11) is 0. The zero-order valence-electron chi connectivity index (χ0n) is 9.35. The minimum absolute atomic E-state index is 0.447. The Bertz CT molecular complexity index is 294. The number of thioether (sulfide) groups is 1. The monoisotopic (exact) mass is 249 g/mol. The van der Waals surface area contributed by atoms with Crippen molar-refractivity contribution < 1.29 is 24.2 Å². The van der Waals surface area contributed by atoms with E-state index in [-0.39, 0.29) is 0 Å². The molecule has 1 amide bonds. The molecule has 0 aliphatic carbocycles. The number of hydrogen-bond donors (Lipinski definition) is 2. The number of carbonyl (C=O) groups excluding carboxylic acids is 1. The van der Waals surface area contributed by atoms with Crippen molar-refractivity contribution >= 4 is 23.8 Å². The minimum atomic E-state index is -1.18. The molecule has 2 N–H and O–H groups in total. The van der Waals surface area contributed by atoms with Gasteiger partial charge in [0.05, 0.1) is 6.04 Å². The second-order valence-electron chi connectivity index (χ2n) is 3.87. The van der Waals surface area contributed by atoms with E-state index in [0.29, 0.717) is 5.75 Å². The van der Waals surface area contributed by atoms with Gasteiger partial charge < -0.3 is 19.9 Å². The fourth-order valence-corrected chi connectivity index (χ4v) is 2.08. The van der Waals surface area contributed by atoms with Crippen LogP contribution in [0.2, 0.25) is 0 Å². The number of amides is 1. The average molecular weight is 249 g/mol. The topological polar surface area (TPSA) is 84.9 Å². The lowest BCUT2D eigenvalue weighted by molar-refractivity contribution is -0.161. The van der Waals surface area contributed by atoms with Crippen molar-refractivity contribution in [1.82, 2.24) is 5.32 Å². The normalized spacial score (nSPS) is 24.9. The molecule has 0 spiro atoms. The summed E-state index contributed by atoms with van der Waals surface area (Å²) < 4.78 is 10.3. The van der Waals surface area contributed by atoms with Crippen LogP contribution in [0.3, 0.4) is 0 Å². The third kappa shape index (κ3) is 3.28. The second kappa shape index (κ2) is 4.92. The van der Waals surface area contributed by atoms with Crippen LogP contribution in [0, 0.1) is 0 Å². The Kier molecular flexibility index (Phi) is 4.03. The quantitative estimate of drug-likeness (QED) is 0.712. The van der Waals surface area contributed by atoms with E-state index in [4.69, 9.17) is 14.6 Å². The van der Waals surface area contributed by atoms with Crippen LogP contribution in [0.5, 0.6) is 0 Å². The van der Waals surface area contributed by atoms with Gasteiger partial charge in [0.15, 0.2) is 6.10 Å². The number of hydrogen-bond acceptors (Lipinski definition) is 5. The number of rotatable bonds is 4. The van der Waals surface area contributed by atoms with Crippen LogP contribution in [0.25, 0.3) is 0 Å². The molecule has 0 aromatic heterocycles. The van der Waals surface area contributed by atoms with Gasteiger partial charge in [0.2, 0.25) is 5.79 Å². The van der Waals surface area contributed by atoms with E-state index in [1.165, 1.54) is 11.8 Å². The van der Waals surface area contributed by atoms with Crippen LogP contribution >= 0.6 is 11.8 Å². The Balaban J connectivity index is 2.71. The van der Waals surface area contributed by atoms with Gasteiger partial charge in [-0.3, -0.25) is 0 Å². The third-order valence-corrected chi connectivity index (χ3v) is 2.70. The van der Waals surface area contributed by atoms with Gasteiger partial charge in [-0.1, -0.05) is 0 Å². The van der Waals surface area contributed by atoms with Crippen LogP contribution in [0.4, 0.5) is 4.79 Å². The molecule has 1 unspecified atom stereocenters. The summed E-state index contributed by atoms with van der Waals surface area (Å²) in [5.41, 5.74) is 0. The number of carboxylic acid groups (broad SMARTS) is 1. The predicted molar refractivity (Wildman–Crippen MR) is 58.4 cm³/mol. The Morgan fingerprint density at radius 2 is 2.31 bits per heavy atom. The Morgan fingerprint density at radius 3 is 2.69 bits per heavy atom. The van der Waals surface area contributed by atoms with Gasteiger partial charge in [0.25, 0.3) is 0 Å². The molecule has 1 heterocycles. The van der Waals surface area contributed by atoms with E-state index in [1.807, 2.05) is 6.26 Å². The number of cyclic esters (lactones) is 1. The van der Waals surface area contributed by atoms with Crippen LogP contribution in [-0.4, -0.2) is 47.1 Å². The van der Waals surface area contributed by atoms with E-state index in [2.05, 4.69) is 5.32 Å². The van der Waals surface area contributed by atoms with E-state index in [1.54, 1.807) is 13.8 Å². The summed E-state index contributed by atoms with van der Waals surface area (Å²) in [5.74, 6) is -1.07. The number of nitrogens with one attached hydrogen (secondary N) is 1. The first-order valence-electron chi connectivity index (χ1n) is 4.75. The molecule has 0 aromatic carbocycles. The summed E-state index contributed by atoms with van der Waals surface area (Å²) in [4.78, 5) is 22.1. The molecule has 7 heteroatoms. The van der Waals surface area contributed by atoms with Gasteiger partial charge >= 0.3 is 12.1 Å². The SMILES string of the molecule is CSC[C@H](NC(=O)O)C1OC(C)(C)OC1=O. The summed E-state index contributed by atoms with van der Waals surface area (Å²) in [6, 6.07) is -0.596. The average Bonchev–Trinajstić information content (AvgIpc) is 2.38. The molecule has 6 nitrogen and oxygen atoms in total. The summed E-state index contributed by atoms with van der Waals surface area (Å²) in [6.07, 6.45) is -0.235. The molecule has 0 saturated carbocycles. The van der Waals surface area contributed by atoms with Crippen LogP contribution in [-0.2, 0) is 14.3 Å². The Labute approximate surface area is 97.7 Å². The summed E-state index contributed by atoms with van der Waals surface area (Å²) in [6.45, 7) is 3.23. The molecule has 0 bridgehead atoms. The largest absolute Gasteiger partial charge is 0.465 e. The lowest BCUT2D eigenvalue weighted by atomic mass is 10.2. The van der Waals surface area contributed by atoms with Gasteiger partial charge in [-0.05, 0) is 6.26 Å². The molecule has 16 heavy (non-hydrogen) atoms. The van der Waals surface area contributed by atoms with Crippen LogP contribution < -0.4 is 5.32 Å². The Morgan fingerprint density at radius 1 is 1.69 bits per heavy atom. The zero-order valence-corrected chi connectivity index (χ0v) is 10.2. The lowest BCUT2D eigenvalue weighted by Gasteiger charge is -2.21. The molecule has 1 rings (SSSR count). The summed E-state index contributed by atoms with van der Waals surface area (Å²) in [5, 5.41) is 10.9. The molecule has 92 valence electrons. The molecule has 1 aliphatic heterocycles. The van der Waals surface area contributed by atoms with Crippen LogP contribution in [0.1, 0.15) is 13.8 Å². The van der Waals surface area contributed by atoms with Crippen molar-refractivity contribution in [2.24, 2.45) is 0 Å².